The number of likely N-dealkylation sites (N-methyl/N-ethyl adjacent to an activating group) is 1. The maximum Gasteiger partial charge on any atom is 0.241 e. The number of aromatic nitrogens is 2. The van der Waals surface area contributed by atoms with Crippen LogP contribution in [0.15, 0.2) is 12.4 Å². The highest BCUT2D eigenvalue weighted by atomic mass is 32.2. The fraction of sp³-hybridized carbons (Fsp3) is 0.692. The number of H-pyrrole nitrogens is 1. The van der Waals surface area contributed by atoms with Crippen LogP contribution in [0.1, 0.15) is 32.0 Å². The Balaban J connectivity index is 2.07. The van der Waals surface area contributed by atoms with Crippen molar-refractivity contribution in [3.63, 3.8) is 0 Å². The monoisotopic (exact) mass is 314 g/mol. The standard InChI is InChI=1S/C13H22N4O3S/c1-3-9-21(19,20)17-8-4-5-11(17)13(18)16(2)10-12-14-6-7-15-12/h6-7,11H,3-5,8-10H2,1-2H3,(H,14,15). The van der Waals surface area contributed by atoms with E-state index in [2.05, 4.69) is 9.97 Å². The van der Waals surface area contributed by atoms with E-state index in [-0.39, 0.29) is 11.7 Å². The van der Waals surface area contributed by atoms with Crippen LogP contribution in [-0.4, -0.2) is 58.9 Å². The number of carbonyl (C=O) groups is 1. The molecule has 1 atom stereocenters. The third-order valence-corrected chi connectivity index (χ3v) is 5.70. The van der Waals surface area contributed by atoms with Crippen molar-refractivity contribution in [3.8, 4) is 0 Å². The molecule has 1 aliphatic rings. The van der Waals surface area contributed by atoms with E-state index in [0.717, 1.165) is 6.42 Å². The first-order valence-corrected chi connectivity index (χ1v) is 8.79. The molecule has 1 fully saturated rings. The molecule has 2 heterocycles. The Hall–Kier alpha value is -1.41. The van der Waals surface area contributed by atoms with Crippen LogP contribution in [-0.2, 0) is 21.4 Å². The molecule has 1 amide bonds. The number of nitrogens with one attached hydrogen (secondary N) is 1. The normalized spacial score (nSPS) is 19.8. The first-order chi connectivity index (χ1) is 9.95. The van der Waals surface area contributed by atoms with Gasteiger partial charge >= 0.3 is 0 Å². The summed E-state index contributed by atoms with van der Waals surface area (Å²) in [6.07, 6.45) is 5.20. The number of nitrogens with zero attached hydrogens (tertiary/aromatic N) is 3. The van der Waals surface area contributed by atoms with Gasteiger partial charge in [-0.2, -0.15) is 4.31 Å². The van der Waals surface area contributed by atoms with E-state index in [1.165, 1.54) is 9.21 Å². The molecule has 1 aromatic heterocycles. The van der Waals surface area contributed by atoms with Crippen molar-refractivity contribution >= 4 is 15.9 Å². The molecule has 0 aromatic carbocycles. The van der Waals surface area contributed by atoms with E-state index in [1.54, 1.807) is 19.4 Å². The lowest BCUT2D eigenvalue weighted by Crippen LogP contribution is -2.47. The third-order valence-electron chi connectivity index (χ3n) is 3.63. The highest BCUT2D eigenvalue weighted by Crippen LogP contribution is 2.23. The van der Waals surface area contributed by atoms with Gasteiger partial charge in [0.2, 0.25) is 15.9 Å². The van der Waals surface area contributed by atoms with Crippen molar-refractivity contribution < 1.29 is 13.2 Å². The van der Waals surface area contributed by atoms with E-state index in [4.69, 9.17) is 0 Å². The molecule has 0 radical (unpaired) electrons. The summed E-state index contributed by atoms with van der Waals surface area (Å²) < 4.78 is 25.8. The van der Waals surface area contributed by atoms with Crippen molar-refractivity contribution in [2.75, 3.05) is 19.3 Å². The summed E-state index contributed by atoms with van der Waals surface area (Å²) >= 11 is 0. The number of amides is 1. The molecule has 1 N–H and O–H groups in total. The largest absolute Gasteiger partial charge is 0.347 e. The lowest BCUT2D eigenvalue weighted by molar-refractivity contribution is -0.133. The van der Waals surface area contributed by atoms with Crippen LogP contribution in [0.25, 0.3) is 0 Å². The Morgan fingerprint density at radius 3 is 2.95 bits per heavy atom. The second kappa shape index (κ2) is 6.57. The SMILES string of the molecule is CCCS(=O)(=O)N1CCCC1C(=O)N(C)Cc1ncc[nH]1. The summed E-state index contributed by atoms with van der Waals surface area (Å²) in [6.45, 7) is 2.62. The van der Waals surface area contributed by atoms with Gasteiger partial charge in [0.1, 0.15) is 11.9 Å². The zero-order valence-electron chi connectivity index (χ0n) is 12.4. The summed E-state index contributed by atoms with van der Waals surface area (Å²) in [7, 11) is -1.66. The van der Waals surface area contributed by atoms with Crippen molar-refractivity contribution in [2.24, 2.45) is 0 Å². The number of sulfonamides is 1. The number of rotatable bonds is 6. The number of hydrogen-bond donors (Lipinski definition) is 1. The van der Waals surface area contributed by atoms with Crippen molar-refractivity contribution in [1.82, 2.24) is 19.2 Å². The van der Waals surface area contributed by atoms with E-state index in [0.29, 0.717) is 31.8 Å². The third kappa shape index (κ3) is 3.62. The van der Waals surface area contributed by atoms with Crippen molar-refractivity contribution in [1.29, 1.82) is 0 Å². The van der Waals surface area contributed by atoms with Gasteiger partial charge in [-0.25, -0.2) is 13.4 Å². The highest BCUT2D eigenvalue weighted by Gasteiger charge is 2.39. The lowest BCUT2D eigenvalue weighted by Gasteiger charge is -2.27. The summed E-state index contributed by atoms with van der Waals surface area (Å²) in [4.78, 5) is 21.1. The molecule has 8 heteroatoms. The molecular weight excluding hydrogens is 292 g/mol. The minimum Gasteiger partial charge on any atom is -0.347 e. The molecule has 118 valence electrons. The Kier molecular flexibility index (Phi) is 5.00. The van der Waals surface area contributed by atoms with Gasteiger partial charge in [0.15, 0.2) is 0 Å². The van der Waals surface area contributed by atoms with E-state index in [9.17, 15) is 13.2 Å². The van der Waals surface area contributed by atoms with Crippen LogP contribution in [0.4, 0.5) is 0 Å². The predicted molar refractivity (Wildman–Crippen MR) is 78.9 cm³/mol. The fourth-order valence-electron chi connectivity index (χ4n) is 2.64. The fourth-order valence-corrected chi connectivity index (χ4v) is 4.38. The quantitative estimate of drug-likeness (QED) is 0.832. The Labute approximate surface area is 125 Å². The van der Waals surface area contributed by atoms with Gasteiger partial charge in [-0.15, -0.1) is 0 Å². The lowest BCUT2D eigenvalue weighted by atomic mass is 10.2. The summed E-state index contributed by atoms with van der Waals surface area (Å²) in [5, 5.41) is 0. The maximum atomic E-state index is 12.5. The van der Waals surface area contributed by atoms with Crippen LogP contribution >= 0.6 is 0 Å². The molecule has 0 spiro atoms. The van der Waals surface area contributed by atoms with Gasteiger partial charge in [-0.3, -0.25) is 4.79 Å². The molecule has 7 nitrogen and oxygen atoms in total. The minimum atomic E-state index is -3.34. The number of aromatic amines is 1. The van der Waals surface area contributed by atoms with Gasteiger partial charge in [0, 0.05) is 26.0 Å². The van der Waals surface area contributed by atoms with Crippen LogP contribution in [0.3, 0.4) is 0 Å². The number of hydrogen-bond acceptors (Lipinski definition) is 4. The molecule has 0 bridgehead atoms. The first-order valence-electron chi connectivity index (χ1n) is 7.18. The maximum absolute atomic E-state index is 12.5. The molecule has 0 saturated carbocycles. The molecule has 0 aliphatic carbocycles. The molecule has 1 saturated heterocycles. The van der Waals surface area contributed by atoms with Gasteiger partial charge < -0.3 is 9.88 Å². The Bertz CT molecular complexity index is 570. The Morgan fingerprint density at radius 1 is 1.57 bits per heavy atom. The van der Waals surface area contributed by atoms with Crippen LogP contribution in [0.2, 0.25) is 0 Å². The van der Waals surface area contributed by atoms with Crippen LogP contribution in [0, 0.1) is 0 Å². The summed E-state index contributed by atoms with van der Waals surface area (Å²) in [5.41, 5.74) is 0. The molecule has 1 aliphatic heterocycles. The zero-order chi connectivity index (χ0) is 15.5. The molecule has 2 rings (SSSR count). The molecule has 21 heavy (non-hydrogen) atoms. The van der Waals surface area contributed by atoms with Crippen LogP contribution in [0.5, 0.6) is 0 Å². The molecular formula is C13H22N4O3S. The average molecular weight is 314 g/mol. The topological polar surface area (TPSA) is 86.4 Å². The number of imidazole rings is 1. The smallest absolute Gasteiger partial charge is 0.241 e. The average Bonchev–Trinajstić information content (AvgIpc) is 3.08. The van der Waals surface area contributed by atoms with E-state index >= 15 is 0 Å². The van der Waals surface area contributed by atoms with E-state index in [1.807, 2.05) is 6.92 Å². The van der Waals surface area contributed by atoms with Crippen molar-refractivity contribution in [2.45, 2.75) is 38.8 Å². The predicted octanol–water partition coefficient (Wildman–Crippen LogP) is 0.572. The second-order valence-corrected chi connectivity index (χ2v) is 7.36. The van der Waals surface area contributed by atoms with Crippen molar-refractivity contribution in [3.05, 3.63) is 18.2 Å². The summed E-state index contributed by atoms with van der Waals surface area (Å²) in [6, 6.07) is -0.568. The molecule has 1 aromatic rings. The van der Waals surface area contributed by atoms with Crippen LogP contribution < -0.4 is 0 Å². The van der Waals surface area contributed by atoms with Gasteiger partial charge in [-0.1, -0.05) is 6.92 Å². The highest BCUT2D eigenvalue weighted by molar-refractivity contribution is 7.89. The van der Waals surface area contributed by atoms with E-state index < -0.39 is 16.1 Å². The Morgan fingerprint density at radius 2 is 2.33 bits per heavy atom. The molecule has 1 unspecified atom stereocenters. The second-order valence-electron chi connectivity index (χ2n) is 5.31. The van der Waals surface area contributed by atoms with Gasteiger partial charge in [0.25, 0.3) is 0 Å². The zero-order valence-corrected chi connectivity index (χ0v) is 13.3. The minimum absolute atomic E-state index is 0.0959. The summed E-state index contributed by atoms with van der Waals surface area (Å²) in [5.74, 6) is 0.619. The van der Waals surface area contributed by atoms with Gasteiger partial charge in [-0.05, 0) is 19.3 Å². The number of carbonyl (C=O) groups excluding carboxylic acids is 1. The first kappa shape index (κ1) is 16.0. The van der Waals surface area contributed by atoms with Gasteiger partial charge in [0.05, 0.1) is 12.3 Å².